The van der Waals surface area contributed by atoms with Gasteiger partial charge in [0.15, 0.2) is 6.29 Å². The SMILES string of the molecule is CC=CC1OCC(Br)([N+](=O)[O-])CO1. The lowest BCUT2D eigenvalue weighted by atomic mass is 10.3. The minimum absolute atomic E-state index is 0.00894. The smallest absolute Gasteiger partial charge is 0.320 e. The Bertz CT molecular complexity index is 223. The Morgan fingerprint density at radius 2 is 2.15 bits per heavy atom. The molecule has 0 aliphatic carbocycles. The molecule has 1 aliphatic heterocycles. The Morgan fingerprint density at radius 3 is 2.54 bits per heavy atom. The number of halogens is 1. The van der Waals surface area contributed by atoms with Gasteiger partial charge in [0.05, 0.1) is 0 Å². The summed E-state index contributed by atoms with van der Waals surface area (Å²) in [6.07, 6.45) is 3.01. The summed E-state index contributed by atoms with van der Waals surface area (Å²) >= 11 is 2.97. The molecule has 0 N–H and O–H groups in total. The van der Waals surface area contributed by atoms with E-state index in [0.717, 1.165) is 0 Å². The molecule has 1 aliphatic rings. The van der Waals surface area contributed by atoms with Crippen molar-refractivity contribution in [2.45, 2.75) is 17.7 Å². The average molecular weight is 252 g/mol. The Labute approximate surface area is 84.0 Å². The van der Waals surface area contributed by atoms with E-state index in [1.807, 2.05) is 6.92 Å². The van der Waals surface area contributed by atoms with E-state index in [0.29, 0.717) is 0 Å². The topological polar surface area (TPSA) is 61.6 Å². The van der Waals surface area contributed by atoms with Crippen LogP contribution in [0.15, 0.2) is 12.2 Å². The standard InChI is InChI=1S/C7H10BrNO4/c1-2-3-6-12-4-7(8,5-13-6)9(10)11/h2-3,6H,4-5H2,1H3. The molecule has 1 fully saturated rings. The number of ether oxygens (including phenoxy) is 2. The van der Waals surface area contributed by atoms with Gasteiger partial charge in [-0.3, -0.25) is 10.1 Å². The molecule has 0 atom stereocenters. The second-order valence-corrected chi connectivity index (χ2v) is 4.17. The molecule has 5 nitrogen and oxygen atoms in total. The lowest BCUT2D eigenvalue weighted by molar-refractivity contribution is -0.555. The Hall–Kier alpha value is -0.460. The number of hydrogen-bond donors (Lipinski definition) is 0. The highest BCUT2D eigenvalue weighted by molar-refractivity contribution is 9.10. The molecule has 0 aromatic carbocycles. The van der Waals surface area contributed by atoms with Crippen LogP contribution in [-0.4, -0.2) is 28.9 Å². The molecule has 1 rings (SSSR count). The molecule has 0 amide bonds. The van der Waals surface area contributed by atoms with Crippen molar-refractivity contribution in [3.05, 3.63) is 22.3 Å². The van der Waals surface area contributed by atoms with Crippen molar-refractivity contribution in [2.24, 2.45) is 0 Å². The molecule has 0 spiro atoms. The van der Waals surface area contributed by atoms with Gasteiger partial charge in [-0.25, -0.2) is 0 Å². The zero-order chi connectivity index (χ0) is 9.90. The van der Waals surface area contributed by atoms with Gasteiger partial charge in [0.1, 0.15) is 13.2 Å². The van der Waals surface area contributed by atoms with Gasteiger partial charge in [0.2, 0.25) is 0 Å². The predicted octanol–water partition coefficient (Wildman–Crippen LogP) is 1.30. The van der Waals surface area contributed by atoms with Gasteiger partial charge in [-0.15, -0.1) is 0 Å². The summed E-state index contributed by atoms with van der Waals surface area (Å²) in [7, 11) is 0. The maximum atomic E-state index is 10.5. The molecule has 1 saturated heterocycles. The maximum absolute atomic E-state index is 10.5. The molecule has 13 heavy (non-hydrogen) atoms. The third-order valence-corrected chi connectivity index (χ3v) is 2.36. The molecule has 0 aromatic heterocycles. The number of hydrogen-bond acceptors (Lipinski definition) is 4. The van der Waals surface area contributed by atoms with Crippen LogP contribution in [0.4, 0.5) is 0 Å². The van der Waals surface area contributed by atoms with Crippen LogP contribution < -0.4 is 0 Å². The molecule has 0 aromatic rings. The summed E-state index contributed by atoms with van der Waals surface area (Å²) in [4.78, 5) is 10.1. The van der Waals surface area contributed by atoms with Crippen molar-refractivity contribution in [3.8, 4) is 0 Å². The Balaban J connectivity index is 2.51. The monoisotopic (exact) mass is 251 g/mol. The van der Waals surface area contributed by atoms with Crippen LogP contribution in [0.25, 0.3) is 0 Å². The fraction of sp³-hybridized carbons (Fsp3) is 0.714. The van der Waals surface area contributed by atoms with Gasteiger partial charge in [0.25, 0.3) is 0 Å². The first-order valence-electron chi connectivity index (χ1n) is 3.78. The zero-order valence-electron chi connectivity index (χ0n) is 7.10. The lowest BCUT2D eigenvalue weighted by Gasteiger charge is -2.28. The van der Waals surface area contributed by atoms with E-state index < -0.39 is 15.7 Å². The van der Waals surface area contributed by atoms with E-state index in [2.05, 4.69) is 15.9 Å². The first kappa shape index (κ1) is 10.6. The van der Waals surface area contributed by atoms with E-state index in [-0.39, 0.29) is 13.2 Å². The number of nitro groups is 1. The minimum atomic E-state index is -1.29. The number of nitrogens with zero attached hydrogens (tertiary/aromatic N) is 1. The van der Waals surface area contributed by atoms with Crippen molar-refractivity contribution in [1.82, 2.24) is 0 Å². The molecule has 0 saturated carbocycles. The fourth-order valence-electron chi connectivity index (χ4n) is 0.883. The molecule has 74 valence electrons. The van der Waals surface area contributed by atoms with Gasteiger partial charge in [0, 0.05) is 20.9 Å². The molecule has 0 bridgehead atoms. The summed E-state index contributed by atoms with van der Waals surface area (Å²) in [5.41, 5.74) is 0. The van der Waals surface area contributed by atoms with Crippen LogP contribution in [0, 0.1) is 10.1 Å². The zero-order valence-corrected chi connectivity index (χ0v) is 8.69. The third kappa shape index (κ3) is 2.49. The highest BCUT2D eigenvalue weighted by atomic mass is 79.9. The molecule has 0 unspecified atom stereocenters. The largest absolute Gasteiger partial charge is 0.340 e. The second-order valence-electron chi connectivity index (χ2n) is 2.69. The van der Waals surface area contributed by atoms with E-state index in [1.165, 1.54) is 0 Å². The highest BCUT2D eigenvalue weighted by Gasteiger charge is 2.45. The van der Waals surface area contributed by atoms with Crippen molar-refractivity contribution < 1.29 is 14.4 Å². The Kier molecular flexibility index (Phi) is 3.40. The molecular formula is C7H10BrNO4. The third-order valence-electron chi connectivity index (χ3n) is 1.61. The number of rotatable bonds is 2. The molecule has 0 radical (unpaired) electrons. The first-order valence-corrected chi connectivity index (χ1v) is 4.57. The molecule has 1 heterocycles. The Morgan fingerprint density at radius 1 is 1.62 bits per heavy atom. The number of allylic oxidation sites excluding steroid dienone is 1. The van der Waals surface area contributed by atoms with Gasteiger partial charge in [-0.2, -0.15) is 0 Å². The highest BCUT2D eigenvalue weighted by Crippen LogP contribution is 2.25. The van der Waals surface area contributed by atoms with E-state index in [9.17, 15) is 10.1 Å². The average Bonchev–Trinajstić information content (AvgIpc) is 2.09. The van der Waals surface area contributed by atoms with Crippen LogP contribution in [0.1, 0.15) is 6.92 Å². The minimum Gasteiger partial charge on any atom is -0.340 e. The van der Waals surface area contributed by atoms with Crippen molar-refractivity contribution in [2.75, 3.05) is 13.2 Å². The van der Waals surface area contributed by atoms with Crippen molar-refractivity contribution >= 4 is 15.9 Å². The molecular weight excluding hydrogens is 242 g/mol. The van der Waals surface area contributed by atoms with E-state index >= 15 is 0 Å². The van der Waals surface area contributed by atoms with Crippen LogP contribution in [0.2, 0.25) is 0 Å². The van der Waals surface area contributed by atoms with Crippen molar-refractivity contribution in [1.29, 1.82) is 0 Å². The van der Waals surface area contributed by atoms with E-state index in [4.69, 9.17) is 9.47 Å². The maximum Gasteiger partial charge on any atom is 0.320 e. The second kappa shape index (κ2) is 4.17. The summed E-state index contributed by atoms with van der Waals surface area (Å²) in [5.74, 6) is 0. The van der Waals surface area contributed by atoms with E-state index in [1.54, 1.807) is 12.2 Å². The predicted molar refractivity (Wildman–Crippen MR) is 49.2 cm³/mol. The summed E-state index contributed by atoms with van der Waals surface area (Å²) in [5, 5.41) is 10.5. The van der Waals surface area contributed by atoms with Crippen LogP contribution in [0.5, 0.6) is 0 Å². The normalized spacial score (nSPS) is 35.1. The van der Waals surface area contributed by atoms with Gasteiger partial charge >= 0.3 is 4.45 Å². The van der Waals surface area contributed by atoms with Crippen LogP contribution in [0.3, 0.4) is 0 Å². The van der Waals surface area contributed by atoms with Gasteiger partial charge in [-0.05, 0) is 13.0 Å². The quantitative estimate of drug-likeness (QED) is 0.244. The summed E-state index contributed by atoms with van der Waals surface area (Å²) in [6.45, 7) is 1.85. The van der Waals surface area contributed by atoms with Gasteiger partial charge in [-0.1, -0.05) is 6.08 Å². The number of alkyl halides is 1. The first-order chi connectivity index (χ1) is 6.08. The van der Waals surface area contributed by atoms with Crippen LogP contribution >= 0.6 is 15.9 Å². The lowest BCUT2D eigenvalue weighted by Crippen LogP contribution is -2.47. The molecule has 6 heteroatoms. The van der Waals surface area contributed by atoms with Crippen molar-refractivity contribution in [3.63, 3.8) is 0 Å². The van der Waals surface area contributed by atoms with Crippen LogP contribution in [-0.2, 0) is 9.47 Å². The summed E-state index contributed by atoms with van der Waals surface area (Å²) in [6, 6.07) is 0. The summed E-state index contributed by atoms with van der Waals surface area (Å²) < 4.78 is 8.91. The van der Waals surface area contributed by atoms with Gasteiger partial charge < -0.3 is 9.47 Å². The fourth-order valence-corrected chi connectivity index (χ4v) is 1.15.